The van der Waals surface area contributed by atoms with Crippen LogP contribution in [0.5, 0.6) is 17.2 Å². The van der Waals surface area contributed by atoms with Gasteiger partial charge in [0.25, 0.3) is 0 Å². The van der Waals surface area contributed by atoms with E-state index in [-0.39, 0.29) is 5.78 Å². The molecule has 0 unspecified atom stereocenters. The Bertz CT molecular complexity index is 944. The predicted octanol–water partition coefficient (Wildman–Crippen LogP) is 4.92. The van der Waals surface area contributed by atoms with Gasteiger partial charge in [-0.05, 0) is 18.6 Å². The van der Waals surface area contributed by atoms with Gasteiger partial charge in [0.15, 0.2) is 17.3 Å². The fourth-order valence-electron chi connectivity index (χ4n) is 3.09. The normalized spacial score (nSPS) is 10.4. The minimum Gasteiger partial charge on any atom is -0.493 e. The van der Waals surface area contributed by atoms with Gasteiger partial charge in [0.1, 0.15) is 0 Å². The second kappa shape index (κ2) is 7.96. The molecule has 0 saturated heterocycles. The third-order valence-corrected chi connectivity index (χ3v) is 4.45. The van der Waals surface area contributed by atoms with Gasteiger partial charge < -0.3 is 14.2 Å². The molecule has 138 valence electrons. The number of ketones is 1. The van der Waals surface area contributed by atoms with Crippen LogP contribution < -0.4 is 14.2 Å². The lowest BCUT2D eigenvalue weighted by Gasteiger charge is -2.19. The minimum absolute atomic E-state index is 0.104. The Labute approximate surface area is 159 Å². The van der Waals surface area contributed by atoms with Gasteiger partial charge in [0, 0.05) is 16.7 Å². The second-order valence-corrected chi connectivity index (χ2v) is 6.13. The zero-order valence-electron chi connectivity index (χ0n) is 15.9. The number of hydrogen-bond donors (Lipinski definition) is 0. The van der Waals surface area contributed by atoms with Crippen LogP contribution in [0.15, 0.2) is 60.7 Å². The first-order valence-corrected chi connectivity index (χ1v) is 8.60. The fourth-order valence-corrected chi connectivity index (χ4v) is 3.09. The van der Waals surface area contributed by atoms with Crippen molar-refractivity contribution in [2.45, 2.75) is 6.92 Å². The molecular weight excluding hydrogens is 340 g/mol. The highest BCUT2D eigenvalue weighted by Crippen LogP contribution is 2.47. The maximum Gasteiger partial charge on any atom is 0.203 e. The van der Waals surface area contributed by atoms with Crippen molar-refractivity contribution >= 4 is 5.78 Å². The zero-order chi connectivity index (χ0) is 19.4. The number of benzene rings is 3. The summed E-state index contributed by atoms with van der Waals surface area (Å²) in [4.78, 5) is 13.3. The van der Waals surface area contributed by atoms with Crippen LogP contribution in [0.1, 0.15) is 21.5 Å². The number of aryl methyl sites for hydroxylation is 1. The molecule has 0 spiro atoms. The molecule has 0 aliphatic heterocycles. The lowest BCUT2D eigenvalue weighted by atomic mass is 9.92. The number of methoxy groups -OCH3 is 3. The second-order valence-electron chi connectivity index (χ2n) is 6.13. The van der Waals surface area contributed by atoms with Gasteiger partial charge in [-0.25, -0.2) is 0 Å². The first kappa shape index (κ1) is 18.5. The molecule has 0 aromatic heterocycles. The standard InChI is InChI=1S/C23H22O4/c1-15-10-12-17(13-11-15)21(24)18-14-19(25-2)22(26-3)23(27-4)20(18)16-8-6-5-7-9-16/h5-14H,1-4H3. The van der Waals surface area contributed by atoms with Crippen molar-refractivity contribution in [3.63, 3.8) is 0 Å². The lowest BCUT2D eigenvalue weighted by Crippen LogP contribution is -2.07. The van der Waals surface area contributed by atoms with Gasteiger partial charge in [-0.1, -0.05) is 60.2 Å². The van der Waals surface area contributed by atoms with E-state index in [1.807, 2.05) is 61.5 Å². The maximum absolute atomic E-state index is 13.3. The molecule has 4 heteroatoms. The summed E-state index contributed by atoms with van der Waals surface area (Å²) < 4.78 is 16.6. The molecule has 3 aromatic carbocycles. The summed E-state index contributed by atoms with van der Waals surface area (Å²) in [7, 11) is 4.65. The van der Waals surface area contributed by atoms with Crippen molar-refractivity contribution in [2.75, 3.05) is 21.3 Å². The molecule has 4 nitrogen and oxygen atoms in total. The molecule has 0 aliphatic carbocycles. The van der Waals surface area contributed by atoms with Crippen LogP contribution in [0, 0.1) is 6.92 Å². The highest BCUT2D eigenvalue weighted by atomic mass is 16.5. The average molecular weight is 362 g/mol. The summed E-state index contributed by atoms with van der Waals surface area (Å²) >= 11 is 0. The molecule has 0 heterocycles. The van der Waals surface area contributed by atoms with Crippen molar-refractivity contribution < 1.29 is 19.0 Å². The number of carbonyl (C=O) groups excluding carboxylic acids is 1. The smallest absolute Gasteiger partial charge is 0.203 e. The summed E-state index contributed by atoms with van der Waals surface area (Å²) in [5.41, 5.74) is 3.75. The molecule has 0 fully saturated rings. The first-order valence-electron chi connectivity index (χ1n) is 8.60. The Morgan fingerprint density at radius 1 is 0.778 bits per heavy atom. The highest BCUT2D eigenvalue weighted by Gasteiger charge is 2.25. The van der Waals surface area contributed by atoms with Gasteiger partial charge in [-0.2, -0.15) is 0 Å². The van der Waals surface area contributed by atoms with Crippen molar-refractivity contribution in [3.05, 3.63) is 77.4 Å². The van der Waals surface area contributed by atoms with Crippen molar-refractivity contribution in [2.24, 2.45) is 0 Å². The van der Waals surface area contributed by atoms with E-state index in [0.717, 1.165) is 11.1 Å². The summed E-state index contributed by atoms with van der Waals surface area (Å²) in [6.45, 7) is 1.99. The predicted molar refractivity (Wildman–Crippen MR) is 106 cm³/mol. The van der Waals surface area contributed by atoms with Gasteiger partial charge in [-0.15, -0.1) is 0 Å². The van der Waals surface area contributed by atoms with Crippen LogP contribution in [0.3, 0.4) is 0 Å². The van der Waals surface area contributed by atoms with E-state index in [9.17, 15) is 4.79 Å². The highest BCUT2D eigenvalue weighted by molar-refractivity contribution is 6.14. The van der Waals surface area contributed by atoms with Crippen molar-refractivity contribution in [1.82, 2.24) is 0 Å². The summed E-state index contributed by atoms with van der Waals surface area (Å²) in [5.74, 6) is 1.27. The quantitative estimate of drug-likeness (QED) is 0.584. The van der Waals surface area contributed by atoms with Gasteiger partial charge >= 0.3 is 0 Å². The molecule has 0 atom stereocenters. The summed E-state index contributed by atoms with van der Waals surface area (Å²) in [5, 5.41) is 0. The van der Waals surface area contributed by atoms with Gasteiger partial charge in [-0.3, -0.25) is 4.79 Å². The van der Waals surface area contributed by atoms with E-state index < -0.39 is 0 Å². The largest absolute Gasteiger partial charge is 0.493 e. The van der Waals surface area contributed by atoms with Gasteiger partial charge in [0.05, 0.1) is 21.3 Å². The molecule has 27 heavy (non-hydrogen) atoms. The number of rotatable bonds is 6. The SMILES string of the molecule is COc1cc(C(=O)c2ccc(C)cc2)c(-c2ccccc2)c(OC)c1OC. The summed E-state index contributed by atoms with van der Waals surface area (Å²) in [6, 6.07) is 18.9. The number of carbonyl (C=O) groups is 1. The average Bonchev–Trinajstić information content (AvgIpc) is 2.72. The summed E-state index contributed by atoms with van der Waals surface area (Å²) in [6.07, 6.45) is 0. The topological polar surface area (TPSA) is 44.8 Å². The molecule has 0 saturated carbocycles. The van der Waals surface area contributed by atoms with Crippen LogP contribution in [0.25, 0.3) is 11.1 Å². The van der Waals surface area contributed by atoms with Crippen LogP contribution in [-0.4, -0.2) is 27.1 Å². The van der Waals surface area contributed by atoms with Crippen molar-refractivity contribution in [1.29, 1.82) is 0 Å². The third-order valence-electron chi connectivity index (χ3n) is 4.45. The van der Waals surface area contributed by atoms with Crippen LogP contribution in [0.4, 0.5) is 0 Å². The maximum atomic E-state index is 13.3. The monoisotopic (exact) mass is 362 g/mol. The Kier molecular flexibility index (Phi) is 5.46. The van der Waals surface area contributed by atoms with Crippen LogP contribution in [0.2, 0.25) is 0 Å². The zero-order valence-corrected chi connectivity index (χ0v) is 15.9. The van der Waals surface area contributed by atoms with E-state index in [2.05, 4.69) is 0 Å². The molecule has 0 N–H and O–H groups in total. The van der Waals surface area contributed by atoms with E-state index in [1.165, 1.54) is 0 Å². The number of ether oxygens (including phenoxy) is 3. The van der Waals surface area contributed by atoms with Gasteiger partial charge in [0.2, 0.25) is 5.75 Å². The molecule has 0 aliphatic rings. The Morgan fingerprint density at radius 2 is 1.41 bits per heavy atom. The third kappa shape index (κ3) is 3.51. The van der Waals surface area contributed by atoms with E-state index >= 15 is 0 Å². The van der Waals surface area contributed by atoms with E-state index in [4.69, 9.17) is 14.2 Å². The van der Waals surface area contributed by atoms with Crippen molar-refractivity contribution in [3.8, 4) is 28.4 Å². The molecule has 0 radical (unpaired) electrons. The molecule has 3 aromatic rings. The fraction of sp³-hybridized carbons (Fsp3) is 0.174. The van der Waals surface area contributed by atoms with E-state index in [1.54, 1.807) is 27.4 Å². The number of hydrogen-bond acceptors (Lipinski definition) is 4. The Balaban J connectivity index is 2.31. The lowest BCUT2D eigenvalue weighted by molar-refractivity contribution is 0.103. The molecule has 0 amide bonds. The molecular formula is C23H22O4. The van der Waals surface area contributed by atoms with Crippen LogP contribution in [-0.2, 0) is 0 Å². The van der Waals surface area contributed by atoms with Crippen LogP contribution >= 0.6 is 0 Å². The Morgan fingerprint density at radius 3 is 1.96 bits per heavy atom. The Hall–Kier alpha value is -3.27. The van der Waals surface area contributed by atoms with E-state index in [0.29, 0.717) is 33.9 Å². The molecule has 0 bridgehead atoms. The minimum atomic E-state index is -0.104. The molecule has 3 rings (SSSR count). The first-order chi connectivity index (χ1) is 13.1.